The Hall–Kier alpha value is -3.78. The highest BCUT2D eigenvalue weighted by atomic mass is 16.5. The first-order chi connectivity index (χ1) is 14.6. The molecular formula is C22H19N5O3. The number of amides is 2. The Kier molecular flexibility index (Phi) is 4.22. The molecule has 0 aliphatic carbocycles. The quantitative estimate of drug-likeness (QED) is 0.622. The molecule has 0 saturated carbocycles. The van der Waals surface area contributed by atoms with E-state index in [2.05, 4.69) is 9.97 Å². The Morgan fingerprint density at radius 1 is 0.867 bits per heavy atom. The number of hydrogen-bond donors (Lipinski definition) is 0. The molecule has 0 atom stereocenters. The zero-order valence-electron chi connectivity index (χ0n) is 16.6. The molecule has 2 aromatic carbocycles. The van der Waals surface area contributed by atoms with Gasteiger partial charge in [-0.1, -0.05) is 18.2 Å². The van der Waals surface area contributed by atoms with Crippen LogP contribution in [0.2, 0.25) is 0 Å². The van der Waals surface area contributed by atoms with Crippen LogP contribution in [0.15, 0.2) is 54.9 Å². The molecule has 0 bridgehead atoms. The average molecular weight is 401 g/mol. The van der Waals surface area contributed by atoms with Crippen LogP contribution in [-0.2, 0) is 11.3 Å². The highest BCUT2D eigenvalue weighted by molar-refractivity contribution is 6.21. The van der Waals surface area contributed by atoms with Gasteiger partial charge >= 0.3 is 0 Å². The molecule has 5 rings (SSSR count). The van der Waals surface area contributed by atoms with Gasteiger partial charge in [0, 0.05) is 26.6 Å². The molecule has 2 aliphatic heterocycles. The molecule has 0 radical (unpaired) electrons. The second-order valence-electron chi connectivity index (χ2n) is 7.17. The number of anilines is 4. The topological polar surface area (TPSA) is 78.9 Å². The van der Waals surface area contributed by atoms with Gasteiger partial charge in [0.05, 0.1) is 29.0 Å². The molecule has 0 unspecified atom stereocenters. The zero-order valence-corrected chi connectivity index (χ0v) is 16.6. The van der Waals surface area contributed by atoms with Crippen LogP contribution in [0.25, 0.3) is 0 Å². The summed E-state index contributed by atoms with van der Waals surface area (Å²) in [5, 5.41) is 0. The third kappa shape index (κ3) is 2.65. The lowest BCUT2D eigenvalue weighted by atomic mass is 10.1. The number of hydrogen-bond acceptors (Lipinski definition) is 7. The van der Waals surface area contributed by atoms with Crippen LogP contribution in [0.4, 0.5) is 23.0 Å². The van der Waals surface area contributed by atoms with Crippen LogP contribution < -0.4 is 9.80 Å². The molecule has 150 valence electrons. The molecule has 0 spiro atoms. The van der Waals surface area contributed by atoms with Gasteiger partial charge in [-0.2, -0.15) is 0 Å². The van der Waals surface area contributed by atoms with E-state index in [9.17, 15) is 9.59 Å². The number of carbonyl (C=O) groups excluding carboxylic acids is 2. The molecule has 8 heteroatoms. The summed E-state index contributed by atoms with van der Waals surface area (Å²) in [7, 11) is 3.55. The van der Waals surface area contributed by atoms with Crippen molar-refractivity contribution in [2.45, 2.75) is 6.54 Å². The first-order valence-corrected chi connectivity index (χ1v) is 9.49. The number of nitrogens with zero attached hydrogens (tertiary/aromatic N) is 5. The fourth-order valence-electron chi connectivity index (χ4n) is 3.97. The Balaban J connectivity index is 1.51. The summed E-state index contributed by atoms with van der Waals surface area (Å²) in [6, 6.07) is 12.8. The van der Waals surface area contributed by atoms with Gasteiger partial charge in [-0.15, -0.1) is 0 Å². The molecule has 30 heavy (non-hydrogen) atoms. The summed E-state index contributed by atoms with van der Waals surface area (Å²) in [5.74, 6) is 0.883. The predicted octanol–water partition coefficient (Wildman–Crippen LogP) is 3.10. The highest BCUT2D eigenvalue weighted by Gasteiger charge is 2.35. The number of ether oxygens (including phenoxy) is 1. The molecule has 0 N–H and O–H groups in total. The summed E-state index contributed by atoms with van der Waals surface area (Å²) in [6.45, 7) is 0.487. The zero-order chi connectivity index (χ0) is 20.8. The van der Waals surface area contributed by atoms with Gasteiger partial charge in [0.2, 0.25) is 0 Å². The number of methoxy groups -OCH3 is 1. The Morgan fingerprint density at radius 2 is 1.53 bits per heavy atom. The van der Waals surface area contributed by atoms with Crippen molar-refractivity contribution in [2.75, 3.05) is 30.7 Å². The molecule has 0 saturated heterocycles. The molecule has 8 nitrogen and oxygen atoms in total. The molecule has 3 heterocycles. The first kappa shape index (κ1) is 18.3. The van der Waals surface area contributed by atoms with Gasteiger partial charge in [0.15, 0.2) is 11.6 Å². The van der Waals surface area contributed by atoms with Crippen molar-refractivity contribution in [3.63, 3.8) is 0 Å². The molecular weight excluding hydrogens is 382 g/mol. The van der Waals surface area contributed by atoms with E-state index in [0.29, 0.717) is 23.7 Å². The first-order valence-electron chi connectivity index (χ1n) is 9.49. The molecule has 0 fully saturated rings. The number of fused-ring (bicyclic) bond motifs is 3. The van der Waals surface area contributed by atoms with Crippen molar-refractivity contribution in [1.29, 1.82) is 0 Å². The number of rotatable bonds is 4. The summed E-state index contributed by atoms with van der Waals surface area (Å²) in [5.41, 5.74) is 3.55. The number of aromatic nitrogens is 2. The lowest BCUT2D eigenvalue weighted by Crippen LogP contribution is -2.31. The molecule has 3 aromatic rings. The predicted molar refractivity (Wildman–Crippen MR) is 111 cm³/mol. The van der Waals surface area contributed by atoms with E-state index >= 15 is 0 Å². The van der Waals surface area contributed by atoms with E-state index in [1.54, 1.807) is 43.8 Å². The van der Waals surface area contributed by atoms with Crippen molar-refractivity contribution in [3.8, 4) is 0 Å². The lowest BCUT2D eigenvalue weighted by molar-refractivity contribution is 0.0642. The van der Waals surface area contributed by atoms with Crippen LogP contribution in [0, 0.1) is 0 Å². The van der Waals surface area contributed by atoms with Gasteiger partial charge in [-0.05, 0) is 29.8 Å². The highest BCUT2D eigenvalue weighted by Crippen LogP contribution is 2.45. The third-order valence-corrected chi connectivity index (χ3v) is 5.40. The second kappa shape index (κ2) is 6.93. The number of benzene rings is 2. The average Bonchev–Trinajstić information content (AvgIpc) is 3.02. The minimum absolute atomic E-state index is 0.192. The summed E-state index contributed by atoms with van der Waals surface area (Å²) < 4.78 is 5.40. The Labute approximate surface area is 173 Å². The van der Waals surface area contributed by atoms with E-state index in [0.717, 1.165) is 22.8 Å². The van der Waals surface area contributed by atoms with E-state index in [-0.39, 0.29) is 18.4 Å². The SMILES string of the molecule is COCN1c2cc(CN3C(=O)c4ccccc4C3=O)ccc2N(C)c2nccnc21. The maximum atomic E-state index is 12.7. The Morgan fingerprint density at radius 3 is 2.20 bits per heavy atom. The third-order valence-electron chi connectivity index (χ3n) is 5.40. The van der Waals surface area contributed by atoms with Crippen LogP contribution in [0.3, 0.4) is 0 Å². The second-order valence-corrected chi connectivity index (χ2v) is 7.17. The standard InChI is InChI=1S/C22H19N5O3/c1-25-17-8-7-14(12-26-21(28)15-5-3-4-6-16(15)22(26)29)11-18(17)27(13-30-2)20-19(25)23-9-10-24-20/h3-11H,12-13H2,1-2H3. The van der Waals surface area contributed by atoms with E-state index in [1.807, 2.05) is 35.0 Å². The van der Waals surface area contributed by atoms with Crippen LogP contribution >= 0.6 is 0 Å². The van der Waals surface area contributed by atoms with Gasteiger partial charge in [0.1, 0.15) is 6.73 Å². The van der Waals surface area contributed by atoms with Crippen molar-refractivity contribution in [2.24, 2.45) is 0 Å². The summed E-state index contributed by atoms with van der Waals surface area (Å²) in [4.78, 5) is 39.6. The van der Waals surface area contributed by atoms with E-state index in [4.69, 9.17) is 4.74 Å². The van der Waals surface area contributed by atoms with Crippen LogP contribution in [0.5, 0.6) is 0 Å². The maximum absolute atomic E-state index is 12.7. The van der Waals surface area contributed by atoms with Gasteiger partial charge < -0.3 is 9.64 Å². The monoisotopic (exact) mass is 401 g/mol. The summed E-state index contributed by atoms with van der Waals surface area (Å²) in [6.07, 6.45) is 3.30. The smallest absolute Gasteiger partial charge is 0.261 e. The fraction of sp³-hybridized carbons (Fsp3) is 0.182. The molecule has 2 aliphatic rings. The number of carbonyl (C=O) groups is 2. The van der Waals surface area contributed by atoms with Gasteiger partial charge in [-0.3, -0.25) is 19.4 Å². The van der Waals surface area contributed by atoms with Gasteiger partial charge in [0.25, 0.3) is 11.8 Å². The van der Waals surface area contributed by atoms with Crippen LogP contribution in [0.1, 0.15) is 26.3 Å². The van der Waals surface area contributed by atoms with Crippen molar-refractivity contribution >= 4 is 34.8 Å². The Bertz CT molecular complexity index is 1140. The van der Waals surface area contributed by atoms with Crippen LogP contribution in [-0.4, -0.2) is 47.6 Å². The molecule has 1 aromatic heterocycles. The van der Waals surface area contributed by atoms with Gasteiger partial charge in [-0.25, -0.2) is 9.97 Å². The largest absolute Gasteiger partial charge is 0.364 e. The molecule has 2 amide bonds. The normalized spacial score (nSPS) is 14.7. The van der Waals surface area contributed by atoms with E-state index in [1.165, 1.54) is 4.90 Å². The number of imide groups is 1. The lowest BCUT2D eigenvalue weighted by Gasteiger charge is -2.36. The fourth-order valence-corrected chi connectivity index (χ4v) is 3.97. The van der Waals surface area contributed by atoms with Crippen molar-refractivity contribution < 1.29 is 14.3 Å². The van der Waals surface area contributed by atoms with Crippen molar-refractivity contribution in [3.05, 3.63) is 71.5 Å². The van der Waals surface area contributed by atoms with E-state index < -0.39 is 0 Å². The minimum atomic E-state index is -0.268. The maximum Gasteiger partial charge on any atom is 0.261 e. The minimum Gasteiger partial charge on any atom is -0.364 e. The van der Waals surface area contributed by atoms with Crippen molar-refractivity contribution in [1.82, 2.24) is 14.9 Å². The summed E-state index contributed by atoms with van der Waals surface area (Å²) >= 11 is 0.